The van der Waals surface area contributed by atoms with E-state index >= 15 is 0 Å². The van der Waals surface area contributed by atoms with Crippen LogP contribution in [0.4, 0.5) is 0 Å². The second-order valence-corrected chi connectivity index (χ2v) is 0. The summed E-state index contributed by atoms with van der Waals surface area (Å²) in [4.78, 5) is 0. The first kappa shape index (κ1) is 54.2. The van der Waals surface area contributed by atoms with E-state index in [0.717, 1.165) is 0 Å². The molecule has 6 heteroatoms. The van der Waals surface area contributed by atoms with Crippen LogP contribution in [-0.2, 0) is 38.1 Å². The molecule has 0 fully saturated rings. The van der Waals surface area contributed by atoms with Crippen molar-refractivity contribution in [3.8, 4) is 0 Å². The van der Waals surface area contributed by atoms with Crippen molar-refractivity contribution in [1.82, 2.24) is 0 Å². The van der Waals surface area contributed by atoms with Crippen LogP contribution in [0, 0.1) is 0 Å². The zero-order chi connectivity index (χ0) is 0. The summed E-state index contributed by atoms with van der Waals surface area (Å²) in [5, 5.41) is 0. The second kappa shape index (κ2) is 38.0. The molecule has 0 unspecified atom stereocenters. The molecule has 0 amide bonds. The largest absolute Gasteiger partial charge is 4.00 e. The molecule has 0 radical (unpaired) electrons. The van der Waals surface area contributed by atoms with Crippen LogP contribution in [0.2, 0.25) is 0 Å². The van der Waals surface area contributed by atoms with E-state index in [1.807, 2.05) is 0 Å². The molecule has 0 aliphatic heterocycles. The fourth-order valence-corrected chi connectivity index (χ4v) is 0. The average molecular weight is 323 g/mol. The summed E-state index contributed by atoms with van der Waals surface area (Å²) >= 11 is 0. The maximum Gasteiger partial charge on any atom is 4.00 e. The number of rotatable bonds is 0. The quantitative estimate of drug-likeness (QED) is 0.518. The zero-order valence-electron chi connectivity index (χ0n) is 5.14. The molecular weight excluding hydrogens is 321 g/mol. The molecular formula is H2BaO3SrTi. The molecule has 6 heavy (non-hydrogen) atoms. The first-order chi connectivity index (χ1) is 0. The first-order valence-corrected chi connectivity index (χ1v) is 0. The fraction of sp³-hybridized carbons (Fsp3) is 0. The smallest absolute Gasteiger partial charge is 2.00 e. The molecule has 0 aromatic carbocycles. The minimum absolute atomic E-state index is 0. The maximum atomic E-state index is 0. The van der Waals surface area contributed by atoms with E-state index in [0.29, 0.717) is 0 Å². The van der Waals surface area contributed by atoms with Gasteiger partial charge in [0, 0.05) is 0 Å². The first-order valence-electron chi connectivity index (χ1n) is 0. The molecule has 0 spiro atoms. The van der Waals surface area contributed by atoms with Crippen molar-refractivity contribution in [3.05, 3.63) is 0 Å². The Morgan fingerprint density at radius 1 is 0.833 bits per heavy atom. The van der Waals surface area contributed by atoms with E-state index in [4.69, 9.17) is 0 Å². The van der Waals surface area contributed by atoms with Crippen LogP contribution >= 0.6 is 0 Å². The number of hydrogen-bond donors (Lipinski definition) is 0. The normalized spacial score (nSPS) is 0. The topological polar surface area (TPSA) is 85.5 Å². The third-order valence-electron chi connectivity index (χ3n) is 0. The standard InChI is InChI=1S/Ba.3O.Sr.Ti.2H/q+2;3*-2;+2;+4;2*-1. The summed E-state index contributed by atoms with van der Waals surface area (Å²) in [6.45, 7) is 0. The minimum Gasteiger partial charge on any atom is -2.00 e. The van der Waals surface area contributed by atoms with E-state index in [-0.39, 0.29) is 135 Å². The molecule has 0 bridgehead atoms. The van der Waals surface area contributed by atoms with Crippen molar-refractivity contribution in [2.75, 3.05) is 0 Å². The van der Waals surface area contributed by atoms with Crippen LogP contribution in [-0.4, -0.2) is 94.4 Å². The number of hydrogen-bond acceptors (Lipinski definition) is 0. The van der Waals surface area contributed by atoms with Crippen LogP contribution in [0.3, 0.4) is 0 Å². The van der Waals surface area contributed by atoms with E-state index < -0.39 is 0 Å². The van der Waals surface area contributed by atoms with Crippen LogP contribution < -0.4 is 0 Å². The summed E-state index contributed by atoms with van der Waals surface area (Å²) in [5.41, 5.74) is 0. The predicted octanol–water partition coefficient (Wildman–Crippen LogP) is -0.896. The Morgan fingerprint density at radius 3 is 0.833 bits per heavy atom. The zero-order valence-corrected chi connectivity index (χ0v) is 12.6. The fourth-order valence-electron chi connectivity index (χ4n) is 0. The summed E-state index contributed by atoms with van der Waals surface area (Å²) in [7, 11) is 0. The van der Waals surface area contributed by atoms with E-state index in [1.165, 1.54) is 0 Å². The van der Waals surface area contributed by atoms with E-state index in [2.05, 4.69) is 0 Å². The molecule has 0 aliphatic rings. The maximum absolute atomic E-state index is 0. The molecule has 0 saturated heterocycles. The Balaban J connectivity index is 0. The van der Waals surface area contributed by atoms with Crippen molar-refractivity contribution >= 4 is 94.4 Å². The minimum atomic E-state index is 0. The van der Waals surface area contributed by atoms with Gasteiger partial charge in [0.25, 0.3) is 0 Å². The second-order valence-electron chi connectivity index (χ2n) is 0. The van der Waals surface area contributed by atoms with Gasteiger partial charge in [-0.25, -0.2) is 0 Å². The predicted molar refractivity (Wildman–Crippen MR) is 15.8 cm³/mol. The van der Waals surface area contributed by atoms with Gasteiger partial charge < -0.3 is 19.3 Å². The van der Waals surface area contributed by atoms with Gasteiger partial charge in [-0.3, -0.25) is 0 Å². The molecule has 3 nitrogen and oxygen atoms in total. The van der Waals surface area contributed by atoms with E-state index in [9.17, 15) is 0 Å². The average Bonchev–Trinajstić information content (AvgIpc) is 0. The molecule has 0 aliphatic carbocycles. The van der Waals surface area contributed by atoms with Crippen molar-refractivity contribution < 1.29 is 41.0 Å². The third kappa shape index (κ3) is 25.4. The molecule has 0 saturated carbocycles. The van der Waals surface area contributed by atoms with Crippen molar-refractivity contribution in [1.29, 1.82) is 0 Å². The van der Waals surface area contributed by atoms with Gasteiger partial charge >= 0.3 is 116 Å². The van der Waals surface area contributed by atoms with E-state index in [1.54, 1.807) is 0 Å². The van der Waals surface area contributed by atoms with Gasteiger partial charge in [0.05, 0.1) is 0 Å². The molecule has 0 aromatic rings. The Kier molecular flexibility index (Phi) is 344. The van der Waals surface area contributed by atoms with Gasteiger partial charge in [0.1, 0.15) is 0 Å². The van der Waals surface area contributed by atoms with Gasteiger partial charge in [-0.1, -0.05) is 0 Å². The summed E-state index contributed by atoms with van der Waals surface area (Å²) in [6.07, 6.45) is 0. The van der Waals surface area contributed by atoms with Gasteiger partial charge in [0.2, 0.25) is 0 Å². The van der Waals surface area contributed by atoms with Crippen molar-refractivity contribution in [2.45, 2.75) is 0 Å². The summed E-state index contributed by atoms with van der Waals surface area (Å²) in [6, 6.07) is 0. The Bertz CT molecular complexity index is 17.2. The Morgan fingerprint density at radius 2 is 0.833 bits per heavy atom. The molecule has 0 N–H and O–H groups in total. The third-order valence-corrected chi connectivity index (χ3v) is 0. The molecule has 0 rings (SSSR count). The van der Waals surface area contributed by atoms with Crippen LogP contribution in [0.25, 0.3) is 0 Å². The van der Waals surface area contributed by atoms with Crippen LogP contribution in [0.5, 0.6) is 0 Å². The van der Waals surface area contributed by atoms with Gasteiger partial charge in [0.15, 0.2) is 0 Å². The van der Waals surface area contributed by atoms with Crippen LogP contribution in [0.1, 0.15) is 2.85 Å². The Hall–Kier alpha value is 3.65. The summed E-state index contributed by atoms with van der Waals surface area (Å²) in [5.74, 6) is 0. The molecule has 0 atom stereocenters. The van der Waals surface area contributed by atoms with Crippen molar-refractivity contribution in [2.24, 2.45) is 0 Å². The van der Waals surface area contributed by atoms with Crippen molar-refractivity contribution in [3.63, 3.8) is 0 Å². The van der Waals surface area contributed by atoms with Gasteiger partial charge in [-0.15, -0.1) is 0 Å². The SMILES string of the molecule is [Ba+2].[H-].[H-].[O-2].[O-2].[O-2].[Sr+2].[Ti+4]. The van der Waals surface area contributed by atoms with Crippen LogP contribution in [0.15, 0.2) is 0 Å². The van der Waals surface area contributed by atoms with Gasteiger partial charge in [-0.2, -0.15) is 0 Å². The Labute approximate surface area is 132 Å². The molecule has 0 aromatic heterocycles. The summed E-state index contributed by atoms with van der Waals surface area (Å²) < 4.78 is 0. The molecule has 28 valence electrons. The van der Waals surface area contributed by atoms with Gasteiger partial charge in [-0.05, 0) is 0 Å². The monoisotopic (exact) mass is 324 g/mol. The molecule has 0 heterocycles.